The van der Waals surface area contributed by atoms with Crippen molar-refractivity contribution < 1.29 is 14.6 Å². The molecular weight excluding hydrogens is 274 g/mol. The van der Waals surface area contributed by atoms with Gasteiger partial charge in [-0.3, -0.25) is 4.79 Å². The van der Waals surface area contributed by atoms with Gasteiger partial charge in [-0.15, -0.1) is 0 Å². The first-order valence-corrected chi connectivity index (χ1v) is 7.27. The van der Waals surface area contributed by atoms with Crippen molar-refractivity contribution in [3.8, 4) is 5.75 Å². The second kappa shape index (κ2) is 6.70. The molecule has 1 fully saturated rings. The van der Waals surface area contributed by atoms with Gasteiger partial charge in [0.15, 0.2) is 0 Å². The number of esters is 1. The number of hydrogen-bond acceptors (Lipinski definition) is 4. The van der Waals surface area contributed by atoms with Gasteiger partial charge in [-0.1, -0.05) is 12.2 Å². The molecule has 0 unspecified atom stereocenters. The van der Waals surface area contributed by atoms with Crippen molar-refractivity contribution in [1.82, 2.24) is 4.90 Å². The van der Waals surface area contributed by atoms with Crippen LogP contribution in [0.1, 0.15) is 25.3 Å². The van der Waals surface area contributed by atoms with Gasteiger partial charge in [-0.05, 0) is 44.0 Å². The maximum Gasteiger partial charge on any atom is 0.309 e. The number of carbonyl (C=O) groups excluding carboxylic acids is 1. The van der Waals surface area contributed by atoms with Crippen LogP contribution in [0.25, 0.3) is 0 Å². The number of thiocarbonyl (C=S) groups is 1. The second-order valence-corrected chi connectivity index (χ2v) is 5.25. The Balaban J connectivity index is 1.92. The molecule has 4 nitrogen and oxygen atoms in total. The molecular formula is C15H19NO3S. The minimum absolute atomic E-state index is 0.00572. The molecule has 1 N–H and O–H groups in total. The maximum absolute atomic E-state index is 11.7. The summed E-state index contributed by atoms with van der Waals surface area (Å²) in [7, 11) is 0. The maximum atomic E-state index is 11.7. The van der Waals surface area contributed by atoms with E-state index in [4.69, 9.17) is 17.0 Å². The van der Waals surface area contributed by atoms with Crippen molar-refractivity contribution in [2.24, 2.45) is 5.92 Å². The Morgan fingerprint density at radius 1 is 1.35 bits per heavy atom. The van der Waals surface area contributed by atoms with Crippen molar-refractivity contribution in [1.29, 1.82) is 0 Å². The van der Waals surface area contributed by atoms with E-state index in [1.54, 1.807) is 12.1 Å². The summed E-state index contributed by atoms with van der Waals surface area (Å²) in [4.78, 5) is 14.6. The highest BCUT2D eigenvalue weighted by atomic mass is 32.1. The first-order chi connectivity index (χ1) is 9.61. The van der Waals surface area contributed by atoms with Crippen molar-refractivity contribution in [2.45, 2.75) is 19.8 Å². The fourth-order valence-electron chi connectivity index (χ4n) is 2.36. The number of likely N-dealkylation sites (tertiary alicyclic amines) is 1. The summed E-state index contributed by atoms with van der Waals surface area (Å²) in [5, 5.41) is 9.29. The van der Waals surface area contributed by atoms with Crippen molar-refractivity contribution in [2.75, 3.05) is 19.7 Å². The molecule has 0 atom stereocenters. The van der Waals surface area contributed by atoms with Crippen LogP contribution < -0.4 is 0 Å². The van der Waals surface area contributed by atoms with Crippen LogP contribution in [0.3, 0.4) is 0 Å². The fraction of sp³-hybridized carbons (Fsp3) is 0.467. The third-order valence-corrected chi connectivity index (χ3v) is 4.01. The van der Waals surface area contributed by atoms with E-state index in [-0.39, 0.29) is 17.6 Å². The van der Waals surface area contributed by atoms with Crippen LogP contribution in [0.2, 0.25) is 0 Å². The molecule has 0 amide bonds. The van der Waals surface area contributed by atoms with Gasteiger partial charge in [0.05, 0.1) is 12.5 Å². The molecule has 20 heavy (non-hydrogen) atoms. The zero-order chi connectivity index (χ0) is 14.5. The Morgan fingerprint density at radius 2 is 1.95 bits per heavy atom. The summed E-state index contributed by atoms with van der Waals surface area (Å²) in [6.07, 6.45) is 1.55. The van der Waals surface area contributed by atoms with Gasteiger partial charge in [0, 0.05) is 18.7 Å². The lowest BCUT2D eigenvalue weighted by Gasteiger charge is -2.32. The Hall–Kier alpha value is -1.62. The average Bonchev–Trinajstić information content (AvgIpc) is 2.48. The van der Waals surface area contributed by atoms with Gasteiger partial charge in [-0.2, -0.15) is 0 Å². The number of hydrogen-bond donors (Lipinski definition) is 1. The second-order valence-electron chi connectivity index (χ2n) is 4.87. The van der Waals surface area contributed by atoms with Gasteiger partial charge in [0.2, 0.25) is 0 Å². The highest BCUT2D eigenvalue weighted by Gasteiger charge is 2.27. The molecule has 0 aromatic heterocycles. The van der Waals surface area contributed by atoms with Crippen LogP contribution in [0.15, 0.2) is 24.3 Å². The zero-order valence-electron chi connectivity index (χ0n) is 11.5. The molecule has 0 aliphatic carbocycles. The van der Waals surface area contributed by atoms with E-state index in [1.807, 2.05) is 19.1 Å². The van der Waals surface area contributed by atoms with Crippen molar-refractivity contribution in [3.63, 3.8) is 0 Å². The lowest BCUT2D eigenvalue weighted by atomic mass is 9.96. The van der Waals surface area contributed by atoms with Crippen LogP contribution in [0, 0.1) is 5.92 Å². The largest absolute Gasteiger partial charge is 0.508 e. The predicted molar refractivity (Wildman–Crippen MR) is 80.7 cm³/mol. The molecule has 1 aromatic rings. The number of carbonyl (C=O) groups is 1. The SMILES string of the molecule is CCOC(=O)C1CCN(C(=S)c2ccc(O)cc2)CC1. The van der Waals surface area contributed by atoms with Gasteiger partial charge >= 0.3 is 5.97 Å². The number of benzene rings is 1. The Morgan fingerprint density at radius 3 is 2.50 bits per heavy atom. The summed E-state index contributed by atoms with van der Waals surface area (Å²) < 4.78 is 5.06. The first-order valence-electron chi connectivity index (χ1n) is 6.86. The number of ether oxygens (including phenoxy) is 1. The highest BCUT2D eigenvalue weighted by Crippen LogP contribution is 2.21. The third-order valence-electron chi connectivity index (χ3n) is 3.52. The van der Waals surface area contributed by atoms with E-state index in [0.29, 0.717) is 6.61 Å². The molecule has 2 rings (SSSR count). The molecule has 1 saturated heterocycles. The Kier molecular flexibility index (Phi) is 4.95. The summed E-state index contributed by atoms with van der Waals surface area (Å²) in [6.45, 7) is 3.80. The minimum Gasteiger partial charge on any atom is -0.508 e. The van der Waals surface area contributed by atoms with Crippen LogP contribution in [0.4, 0.5) is 0 Å². The van der Waals surface area contributed by atoms with E-state index in [9.17, 15) is 9.90 Å². The topological polar surface area (TPSA) is 49.8 Å². The molecule has 1 aliphatic heterocycles. The van der Waals surface area contributed by atoms with E-state index >= 15 is 0 Å². The molecule has 0 spiro atoms. The summed E-state index contributed by atoms with van der Waals surface area (Å²) in [5.74, 6) is 0.133. The number of piperidine rings is 1. The van der Waals surface area contributed by atoms with Crippen molar-refractivity contribution >= 4 is 23.2 Å². The zero-order valence-corrected chi connectivity index (χ0v) is 12.4. The smallest absolute Gasteiger partial charge is 0.309 e. The van der Waals surface area contributed by atoms with Crippen LogP contribution in [-0.4, -0.2) is 40.7 Å². The number of phenols is 1. The number of aromatic hydroxyl groups is 1. The molecule has 0 saturated carbocycles. The van der Waals surface area contributed by atoms with Crippen LogP contribution in [-0.2, 0) is 9.53 Å². The van der Waals surface area contributed by atoms with Gasteiger partial charge < -0.3 is 14.7 Å². The minimum atomic E-state index is -0.0947. The van der Waals surface area contributed by atoms with E-state index in [1.165, 1.54) is 0 Å². The molecule has 108 valence electrons. The monoisotopic (exact) mass is 293 g/mol. The molecule has 1 heterocycles. The molecule has 1 aliphatic rings. The van der Waals surface area contributed by atoms with E-state index < -0.39 is 0 Å². The van der Waals surface area contributed by atoms with Crippen LogP contribution in [0.5, 0.6) is 5.75 Å². The van der Waals surface area contributed by atoms with Gasteiger partial charge in [0.25, 0.3) is 0 Å². The molecule has 0 bridgehead atoms. The highest BCUT2D eigenvalue weighted by molar-refractivity contribution is 7.80. The summed E-state index contributed by atoms with van der Waals surface area (Å²) >= 11 is 5.47. The summed E-state index contributed by atoms with van der Waals surface area (Å²) in [6, 6.07) is 6.89. The lowest BCUT2D eigenvalue weighted by molar-refractivity contribution is -0.149. The molecule has 1 aromatic carbocycles. The molecule has 0 radical (unpaired) electrons. The van der Waals surface area contributed by atoms with Gasteiger partial charge in [-0.25, -0.2) is 0 Å². The summed E-state index contributed by atoms with van der Waals surface area (Å²) in [5.41, 5.74) is 0.924. The van der Waals surface area contributed by atoms with Crippen molar-refractivity contribution in [3.05, 3.63) is 29.8 Å². The lowest BCUT2D eigenvalue weighted by Crippen LogP contribution is -2.40. The van der Waals surface area contributed by atoms with Crippen LogP contribution >= 0.6 is 12.2 Å². The molecule has 5 heteroatoms. The fourth-order valence-corrected chi connectivity index (χ4v) is 2.68. The predicted octanol–water partition coefficient (Wildman–Crippen LogP) is 2.34. The Bertz CT molecular complexity index is 478. The quantitative estimate of drug-likeness (QED) is 0.685. The van der Waals surface area contributed by atoms with E-state index in [2.05, 4.69) is 4.90 Å². The average molecular weight is 293 g/mol. The number of rotatable bonds is 3. The Labute approximate surface area is 124 Å². The number of phenolic OH excluding ortho intramolecular Hbond substituents is 1. The normalized spacial score (nSPS) is 15.9. The first kappa shape index (κ1) is 14.8. The van der Waals surface area contributed by atoms with Gasteiger partial charge in [0.1, 0.15) is 10.7 Å². The third kappa shape index (κ3) is 3.48. The van der Waals surface area contributed by atoms with E-state index in [0.717, 1.165) is 36.5 Å². The number of nitrogens with zero attached hydrogens (tertiary/aromatic N) is 1. The standard InChI is InChI=1S/C15H19NO3S/c1-2-19-15(18)12-7-9-16(10-8-12)14(20)11-3-5-13(17)6-4-11/h3-6,12,17H,2,7-10H2,1H3.